The van der Waals surface area contributed by atoms with Gasteiger partial charge >= 0.3 is 0 Å². The lowest BCUT2D eigenvalue weighted by molar-refractivity contribution is 0.535. The highest BCUT2D eigenvalue weighted by atomic mass is 79.9. The fourth-order valence-electron chi connectivity index (χ4n) is 7.30. The monoisotopic (exact) mass is 816 g/mol. The number of aryl methyl sites for hydroxylation is 2. The van der Waals surface area contributed by atoms with Crippen molar-refractivity contribution in [1.29, 1.82) is 0 Å². The highest BCUT2D eigenvalue weighted by molar-refractivity contribution is 9.11. The van der Waals surface area contributed by atoms with E-state index in [1.165, 1.54) is 103 Å². The second kappa shape index (κ2) is 19.2. The summed E-state index contributed by atoms with van der Waals surface area (Å²) >= 11 is 10.6. The lowest BCUT2D eigenvalue weighted by atomic mass is 10.1. The second-order valence-electron chi connectivity index (χ2n) is 13.8. The van der Waals surface area contributed by atoms with Crippen molar-refractivity contribution in [2.75, 3.05) is 0 Å². The van der Waals surface area contributed by atoms with Gasteiger partial charge < -0.3 is 9.13 Å². The van der Waals surface area contributed by atoms with Gasteiger partial charge in [0.1, 0.15) is 0 Å². The molecule has 0 unspecified atom stereocenters. The summed E-state index contributed by atoms with van der Waals surface area (Å²) in [5.74, 6) is 0. The lowest BCUT2D eigenvalue weighted by Gasteiger charge is -2.16. The molecule has 0 aliphatic carbocycles. The van der Waals surface area contributed by atoms with Crippen molar-refractivity contribution in [3.8, 4) is 0 Å². The van der Waals surface area contributed by atoms with Crippen molar-refractivity contribution in [3.63, 3.8) is 0 Å². The molecule has 4 nitrogen and oxygen atoms in total. The maximum Gasteiger partial charge on any atom is 0.259 e. The average Bonchev–Trinajstić information content (AvgIpc) is 3.67. The normalized spacial score (nSPS) is 12.1. The van der Waals surface area contributed by atoms with Gasteiger partial charge in [0.05, 0.1) is 38.8 Å². The zero-order chi connectivity index (χ0) is 33.9. The number of nitrogens with zero attached hydrogens (tertiary/aromatic N) is 2. The number of thiophene rings is 2. The number of halogens is 2. The molecule has 0 bridgehead atoms. The van der Waals surface area contributed by atoms with E-state index in [9.17, 15) is 9.59 Å². The molecule has 0 atom stereocenters. The Kier molecular flexibility index (Phi) is 15.1. The number of hydrogen-bond donors (Lipinski definition) is 0. The molecule has 48 heavy (non-hydrogen) atoms. The van der Waals surface area contributed by atoms with E-state index in [0.29, 0.717) is 0 Å². The first-order chi connectivity index (χ1) is 23.4. The standard InChI is InChI=1S/C40H54Br2N2O2S2/c1-3-5-7-9-11-13-15-17-19-21-23-43-33-25-30-34(26-29(33)37-31(39(43)45)27-35(41)47-37)44(40(46)32-28-36(42)48-38(30)32)24-22-20-18-16-14-12-10-8-6-4-2/h25-28H,3-24H2,1-2H3. The molecule has 1 aromatic carbocycles. The van der Waals surface area contributed by atoms with Crippen LogP contribution in [0.3, 0.4) is 0 Å². The van der Waals surface area contributed by atoms with Crippen LogP contribution in [0.25, 0.3) is 42.0 Å². The Balaban J connectivity index is 1.39. The first-order valence-electron chi connectivity index (χ1n) is 18.9. The molecule has 0 spiro atoms. The molecule has 0 amide bonds. The average molecular weight is 819 g/mol. The minimum Gasteiger partial charge on any atom is -0.308 e. The van der Waals surface area contributed by atoms with Gasteiger partial charge in [-0.2, -0.15) is 0 Å². The van der Waals surface area contributed by atoms with Gasteiger partial charge in [-0.1, -0.05) is 129 Å². The number of rotatable bonds is 22. The van der Waals surface area contributed by atoms with Crippen molar-refractivity contribution in [2.24, 2.45) is 0 Å². The number of hydrogen-bond acceptors (Lipinski definition) is 4. The van der Waals surface area contributed by atoms with E-state index in [-0.39, 0.29) is 11.1 Å². The minimum atomic E-state index is 0.0945. The fourth-order valence-corrected chi connectivity index (χ4v) is 10.5. The molecule has 0 aliphatic rings. The van der Waals surface area contributed by atoms with Crippen LogP contribution in [-0.4, -0.2) is 9.13 Å². The molecule has 0 saturated heterocycles. The van der Waals surface area contributed by atoms with Crippen molar-refractivity contribution in [1.82, 2.24) is 9.13 Å². The topological polar surface area (TPSA) is 44.0 Å². The fraction of sp³-hybridized carbons (Fsp3) is 0.600. The van der Waals surface area contributed by atoms with Gasteiger partial charge in [-0.25, -0.2) is 0 Å². The lowest BCUT2D eigenvalue weighted by Crippen LogP contribution is -2.22. The molecule has 5 aromatic rings. The van der Waals surface area contributed by atoms with E-state index >= 15 is 0 Å². The van der Waals surface area contributed by atoms with E-state index < -0.39 is 0 Å². The van der Waals surface area contributed by atoms with E-state index in [4.69, 9.17) is 0 Å². The predicted molar refractivity (Wildman–Crippen MR) is 220 cm³/mol. The molecule has 0 N–H and O–H groups in total. The minimum absolute atomic E-state index is 0.0945. The maximum absolute atomic E-state index is 14.0. The Morgan fingerprint density at radius 1 is 0.458 bits per heavy atom. The zero-order valence-electron chi connectivity index (χ0n) is 29.1. The number of fused-ring (bicyclic) bond motifs is 6. The number of aromatic nitrogens is 2. The Morgan fingerprint density at radius 3 is 1.10 bits per heavy atom. The number of benzene rings is 1. The maximum atomic E-state index is 14.0. The third kappa shape index (κ3) is 9.44. The van der Waals surface area contributed by atoms with Gasteiger partial charge in [0.25, 0.3) is 11.1 Å². The molecule has 8 heteroatoms. The molecule has 4 heterocycles. The molecule has 0 aliphatic heterocycles. The van der Waals surface area contributed by atoms with E-state index in [0.717, 1.165) is 88.3 Å². The molecule has 0 radical (unpaired) electrons. The second-order valence-corrected chi connectivity index (χ2v) is 18.6. The van der Waals surface area contributed by atoms with Crippen molar-refractivity contribution < 1.29 is 0 Å². The summed E-state index contributed by atoms with van der Waals surface area (Å²) in [5, 5.41) is 3.70. The molecule has 262 valence electrons. The Labute approximate surface area is 311 Å². The van der Waals surface area contributed by atoms with Gasteiger partial charge in [0.2, 0.25) is 0 Å². The molecule has 0 saturated carbocycles. The third-order valence-corrected chi connectivity index (χ3v) is 13.4. The first-order valence-corrected chi connectivity index (χ1v) is 22.1. The van der Waals surface area contributed by atoms with Crippen LogP contribution in [0.2, 0.25) is 0 Å². The van der Waals surface area contributed by atoms with Crippen LogP contribution in [0, 0.1) is 0 Å². The van der Waals surface area contributed by atoms with Crippen molar-refractivity contribution >= 4 is 96.5 Å². The van der Waals surface area contributed by atoms with Crippen LogP contribution in [0.15, 0.2) is 41.4 Å². The van der Waals surface area contributed by atoms with Gasteiger partial charge in [0.15, 0.2) is 0 Å². The Hall–Kier alpha value is -1.48. The van der Waals surface area contributed by atoms with Gasteiger partial charge in [0, 0.05) is 23.9 Å². The number of pyridine rings is 2. The van der Waals surface area contributed by atoms with Crippen LogP contribution in [0.4, 0.5) is 0 Å². The van der Waals surface area contributed by atoms with Crippen molar-refractivity contribution in [2.45, 2.75) is 155 Å². The van der Waals surface area contributed by atoms with E-state index in [1.807, 2.05) is 21.3 Å². The number of unbranched alkanes of at least 4 members (excludes halogenated alkanes) is 18. The van der Waals surface area contributed by atoms with Crippen LogP contribution < -0.4 is 11.1 Å². The van der Waals surface area contributed by atoms with Crippen LogP contribution in [0.5, 0.6) is 0 Å². The Bertz CT molecular complexity index is 1760. The van der Waals surface area contributed by atoms with Gasteiger partial charge in [-0.3, -0.25) is 9.59 Å². The van der Waals surface area contributed by atoms with Crippen LogP contribution >= 0.6 is 54.5 Å². The van der Waals surface area contributed by atoms with Gasteiger partial charge in [-0.15, -0.1) is 22.7 Å². The summed E-state index contributed by atoms with van der Waals surface area (Å²) < 4.78 is 7.99. The highest BCUT2D eigenvalue weighted by Gasteiger charge is 2.19. The molecule has 4 aromatic heterocycles. The summed E-state index contributed by atoms with van der Waals surface area (Å²) in [6.45, 7) is 5.98. The largest absolute Gasteiger partial charge is 0.308 e. The molecular formula is C40H54Br2N2O2S2. The van der Waals surface area contributed by atoms with Crippen LogP contribution in [0.1, 0.15) is 142 Å². The molecular weight excluding hydrogens is 764 g/mol. The molecule has 5 rings (SSSR count). The van der Waals surface area contributed by atoms with Gasteiger partial charge in [-0.05, 0) is 69.0 Å². The quantitative estimate of drug-likeness (QED) is 0.0516. The third-order valence-electron chi connectivity index (χ3n) is 10.0. The van der Waals surface area contributed by atoms with E-state index in [2.05, 4.69) is 57.8 Å². The smallest absolute Gasteiger partial charge is 0.259 e. The SMILES string of the molecule is CCCCCCCCCCCCn1c(=O)c2cc(Br)sc2c2cc3c(cc21)c1sc(Br)cc1c(=O)n3CCCCCCCCCCCC. The predicted octanol–water partition coefficient (Wildman–Crippen LogP) is 14.1. The highest BCUT2D eigenvalue weighted by Crippen LogP contribution is 2.39. The summed E-state index contributed by atoms with van der Waals surface area (Å²) in [7, 11) is 0. The first kappa shape index (κ1) is 37.8. The Morgan fingerprint density at radius 2 is 0.771 bits per heavy atom. The van der Waals surface area contributed by atoms with Crippen LogP contribution in [-0.2, 0) is 13.1 Å². The summed E-state index contributed by atoms with van der Waals surface area (Å²) in [6.07, 6.45) is 25.4. The summed E-state index contributed by atoms with van der Waals surface area (Å²) in [6, 6.07) is 8.40. The summed E-state index contributed by atoms with van der Waals surface area (Å²) in [4.78, 5) is 28.0. The zero-order valence-corrected chi connectivity index (χ0v) is 34.0. The van der Waals surface area contributed by atoms with E-state index in [1.54, 1.807) is 22.7 Å². The van der Waals surface area contributed by atoms with Crippen molar-refractivity contribution in [3.05, 3.63) is 52.5 Å². The summed E-state index contributed by atoms with van der Waals surface area (Å²) in [5.41, 5.74) is 2.16. The molecule has 0 fully saturated rings.